The third kappa shape index (κ3) is 4.56. The Labute approximate surface area is 146 Å². The Morgan fingerprint density at radius 2 is 1.56 bits per heavy atom. The zero-order chi connectivity index (χ0) is 17.9. The van der Waals surface area contributed by atoms with Crippen LogP contribution in [-0.2, 0) is 19.3 Å². The van der Waals surface area contributed by atoms with Gasteiger partial charge < -0.3 is 4.74 Å². The van der Waals surface area contributed by atoms with E-state index in [0.29, 0.717) is 0 Å². The molecule has 25 heavy (non-hydrogen) atoms. The highest BCUT2D eigenvalue weighted by atomic mass is 19.4. The normalized spacial score (nSPS) is 13.3. The van der Waals surface area contributed by atoms with Crippen LogP contribution in [-0.4, -0.2) is 6.36 Å². The Bertz CT molecular complexity index is 734. The van der Waals surface area contributed by atoms with Gasteiger partial charge in [0.25, 0.3) is 0 Å². The van der Waals surface area contributed by atoms with Crippen molar-refractivity contribution >= 4 is 0 Å². The van der Waals surface area contributed by atoms with E-state index in [0.717, 1.165) is 36.0 Å². The van der Waals surface area contributed by atoms with Crippen molar-refractivity contribution in [2.24, 2.45) is 0 Å². The summed E-state index contributed by atoms with van der Waals surface area (Å²) < 4.78 is 41.2. The highest BCUT2D eigenvalue weighted by molar-refractivity contribution is 5.74. The van der Waals surface area contributed by atoms with Crippen LogP contribution >= 0.6 is 0 Å². The monoisotopic (exact) mass is 348 g/mol. The lowest BCUT2D eigenvalue weighted by Gasteiger charge is -2.22. The summed E-state index contributed by atoms with van der Waals surface area (Å²) in [7, 11) is 0. The molecule has 0 spiro atoms. The first kappa shape index (κ1) is 17.8. The van der Waals surface area contributed by atoms with Crippen LogP contribution < -0.4 is 4.74 Å². The van der Waals surface area contributed by atoms with Crippen molar-refractivity contribution in [3.63, 3.8) is 0 Å². The third-order valence-corrected chi connectivity index (χ3v) is 4.75. The molecule has 1 aliphatic carbocycles. The van der Waals surface area contributed by atoms with Crippen molar-refractivity contribution in [1.82, 2.24) is 0 Å². The lowest BCUT2D eigenvalue weighted by atomic mass is 9.84. The molecule has 0 aliphatic heterocycles. The molecule has 0 N–H and O–H groups in total. The van der Waals surface area contributed by atoms with Crippen LogP contribution in [0.1, 0.15) is 49.3 Å². The minimum Gasteiger partial charge on any atom is -0.406 e. The molecule has 2 aromatic carbocycles. The summed E-state index contributed by atoms with van der Waals surface area (Å²) in [6.07, 6.45) is 3.05. The van der Waals surface area contributed by atoms with Gasteiger partial charge in [-0.05, 0) is 65.6 Å². The first-order chi connectivity index (χ1) is 12.0. The van der Waals surface area contributed by atoms with Crippen molar-refractivity contribution in [2.75, 3.05) is 0 Å². The van der Waals surface area contributed by atoms with Gasteiger partial charge in [0.15, 0.2) is 0 Å². The minimum absolute atomic E-state index is 0.137. The van der Waals surface area contributed by atoms with Crippen molar-refractivity contribution in [2.45, 2.75) is 58.2 Å². The van der Waals surface area contributed by atoms with Crippen LogP contribution in [0.2, 0.25) is 0 Å². The van der Waals surface area contributed by atoms with E-state index in [4.69, 9.17) is 0 Å². The number of ether oxygens (including phenoxy) is 1. The molecule has 0 bridgehead atoms. The number of unbranched alkanes of at least 4 members (excludes halogenated alkanes) is 3. The molecule has 0 fully saturated rings. The fraction of sp³-hybridized carbons (Fsp3) is 0.429. The Morgan fingerprint density at radius 3 is 2.24 bits per heavy atom. The summed E-state index contributed by atoms with van der Waals surface area (Å²) in [5, 5.41) is 0. The second-order valence-electron chi connectivity index (χ2n) is 6.67. The number of hydrogen-bond donors (Lipinski definition) is 0. The molecule has 0 amide bonds. The molecular formula is C21H23F3O. The van der Waals surface area contributed by atoms with Crippen LogP contribution in [0.4, 0.5) is 13.2 Å². The van der Waals surface area contributed by atoms with E-state index >= 15 is 0 Å². The molecule has 0 saturated carbocycles. The van der Waals surface area contributed by atoms with Gasteiger partial charge in [-0.1, -0.05) is 50.5 Å². The maximum absolute atomic E-state index is 12.4. The van der Waals surface area contributed by atoms with Gasteiger partial charge in [0.1, 0.15) is 5.75 Å². The largest absolute Gasteiger partial charge is 0.573 e. The molecular weight excluding hydrogens is 325 g/mol. The van der Waals surface area contributed by atoms with Crippen molar-refractivity contribution < 1.29 is 17.9 Å². The van der Waals surface area contributed by atoms with E-state index in [1.807, 2.05) is 0 Å². The average Bonchev–Trinajstić information content (AvgIpc) is 2.57. The Kier molecular flexibility index (Phi) is 5.36. The summed E-state index contributed by atoms with van der Waals surface area (Å²) in [5.41, 5.74) is 5.73. The van der Waals surface area contributed by atoms with Crippen LogP contribution in [0, 0.1) is 0 Å². The van der Waals surface area contributed by atoms with E-state index < -0.39 is 6.36 Å². The van der Waals surface area contributed by atoms with Crippen molar-refractivity contribution in [1.29, 1.82) is 0 Å². The molecule has 4 heteroatoms. The van der Waals surface area contributed by atoms with Gasteiger partial charge in [-0.25, -0.2) is 0 Å². The highest BCUT2D eigenvalue weighted by Gasteiger charge is 2.31. The maximum atomic E-state index is 12.4. The number of aryl methyl sites for hydroxylation is 3. The van der Waals surface area contributed by atoms with Gasteiger partial charge in [0.05, 0.1) is 0 Å². The van der Waals surface area contributed by atoms with Gasteiger partial charge >= 0.3 is 6.36 Å². The molecule has 0 atom stereocenters. The summed E-state index contributed by atoms with van der Waals surface area (Å²) in [4.78, 5) is 0. The molecule has 1 aliphatic rings. The van der Waals surface area contributed by atoms with Gasteiger partial charge in [-0.2, -0.15) is 0 Å². The van der Waals surface area contributed by atoms with Gasteiger partial charge in [0.2, 0.25) is 0 Å². The fourth-order valence-electron chi connectivity index (χ4n) is 3.53. The van der Waals surface area contributed by atoms with Crippen molar-refractivity contribution in [3.8, 4) is 16.9 Å². The summed E-state index contributed by atoms with van der Waals surface area (Å²) >= 11 is 0. The number of halogens is 3. The predicted molar refractivity (Wildman–Crippen MR) is 93.8 cm³/mol. The predicted octanol–water partition coefficient (Wildman–Crippen LogP) is 6.47. The zero-order valence-corrected chi connectivity index (χ0v) is 14.5. The molecule has 0 heterocycles. The smallest absolute Gasteiger partial charge is 0.406 e. The van der Waals surface area contributed by atoms with Gasteiger partial charge in [-0.3, -0.25) is 0 Å². The molecule has 134 valence electrons. The molecule has 3 rings (SSSR count). The Balaban J connectivity index is 1.77. The van der Waals surface area contributed by atoms with Crippen LogP contribution in [0.5, 0.6) is 5.75 Å². The second kappa shape index (κ2) is 7.51. The number of alkyl halides is 3. The van der Waals surface area contributed by atoms with Crippen molar-refractivity contribution in [3.05, 3.63) is 53.1 Å². The molecule has 0 unspecified atom stereocenters. The van der Waals surface area contributed by atoms with Crippen LogP contribution in [0.3, 0.4) is 0 Å². The summed E-state index contributed by atoms with van der Waals surface area (Å²) in [6, 6.07) is 11.2. The van der Waals surface area contributed by atoms with E-state index in [2.05, 4.69) is 29.9 Å². The molecule has 1 nitrogen and oxygen atoms in total. The summed E-state index contributed by atoms with van der Waals surface area (Å²) in [6.45, 7) is 2.21. The molecule has 0 saturated heterocycles. The maximum Gasteiger partial charge on any atom is 0.573 e. The standard InChI is InChI=1S/C21H23F3O/c1-2-3-4-5-6-15-7-11-19-16(13-15)8-9-17-14-18(10-12-20(17)19)25-21(22,23)24/h7,10-14H,2-6,8-9H2,1H3. The zero-order valence-electron chi connectivity index (χ0n) is 14.5. The lowest BCUT2D eigenvalue weighted by Crippen LogP contribution is -2.17. The quantitative estimate of drug-likeness (QED) is 0.543. The number of hydrogen-bond acceptors (Lipinski definition) is 1. The van der Waals surface area contributed by atoms with Crippen LogP contribution in [0.25, 0.3) is 11.1 Å². The summed E-state index contributed by atoms with van der Waals surface area (Å²) in [5.74, 6) is -0.137. The molecule has 0 aromatic heterocycles. The Hall–Kier alpha value is -1.97. The third-order valence-electron chi connectivity index (χ3n) is 4.75. The number of rotatable bonds is 6. The first-order valence-electron chi connectivity index (χ1n) is 8.97. The van der Waals surface area contributed by atoms with E-state index in [9.17, 15) is 13.2 Å². The van der Waals surface area contributed by atoms with E-state index in [-0.39, 0.29) is 5.75 Å². The minimum atomic E-state index is -4.65. The number of fused-ring (bicyclic) bond motifs is 3. The lowest BCUT2D eigenvalue weighted by molar-refractivity contribution is -0.274. The fourth-order valence-corrected chi connectivity index (χ4v) is 3.53. The Morgan fingerprint density at radius 1 is 0.880 bits per heavy atom. The van der Waals surface area contributed by atoms with Crippen LogP contribution in [0.15, 0.2) is 36.4 Å². The SMILES string of the molecule is CCCCCCc1ccc2c(c1)CCc1cc(OC(F)(F)F)ccc1-2. The second-order valence-corrected chi connectivity index (χ2v) is 6.67. The van der Waals surface area contributed by atoms with Gasteiger partial charge in [0, 0.05) is 0 Å². The molecule has 0 radical (unpaired) electrons. The highest BCUT2D eigenvalue weighted by Crippen LogP contribution is 2.37. The van der Waals surface area contributed by atoms with E-state index in [1.165, 1.54) is 48.9 Å². The van der Waals surface area contributed by atoms with E-state index in [1.54, 1.807) is 6.07 Å². The average molecular weight is 348 g/mol. The molecule has 2 aromatic rings. The first-order valence-corrected chi connectivity index (χ1v) is 8.97. The van der Waals surface area contributed by atoms with Gasteiger partial charge in [-0.15, -0.1) is 13.2 Å². The topological polar surface area (TPSA) is 9.23 Å². The number of benzene rings is 2.